The number of aryl methyl sites for hydroxylation is 2. The van der Waals surface area contributed by atoms with Crippen molar-refractivity contribution in [3.05, 3.63) is 28.8 Å². The summed E-state index contributed by atoms with van der Waals surface area (Å²) in [7, 11) is 1.54. The number of nitrogens with zero attached hydrogens (tertiary/aromatic N) is 1. The van der Waals surface area contributed by atoms with E-state index in [1.165, 1.54) is 7.11 Å². The third-order valence-electron chi connectivity index (χ3n) is 3.09. The Bertz CT molecular complexity index is 647. The van der Waals surface area contributed by atoms with Gasteiger partial charge in [0.2, 0.25) is 0 Å². The molecule has 1 heterocycles. The van der Waals surface area contributed by atoms with Crippen LogP contribution in [0, 0.1) is 13.8 Å². The first-order valence-corrected chi connectivity index (χ1v) is 5.68. The molecular weight excluding hydrogens is 246 g/mol. The van der Waals surface area contributed by atoms with Crippen molar-refractivity contribution in [2.45, 2.75) is 13.8 Å². The van der Waals surface area contributed by atoms with Crippen LogP contribution in [-0.4, -0.2) is 28.4 Å². The molecule has 0 fully saturated rings. The van der Waals surface area contributed by atoms with Crippen molar-refractivity contribution >= 4 is 11.8 Å². The van der Waals surface area contributed by atoms with Crippen LogP contribution in [0.4, 0.5) is 5.82 Å². The van der Waals surface area contributed by atoms with Crippen LogP contribution in [0.15, 0.2) is 12.1 Å². The standard InChI is InChI=1S/C13H15N3O3/c1-6-4-8(9(19-3)5-7(6)2)11-10(13(17)18)12(14)16-15-11/h4-5H,1-3H3,(H,17,18)(H3,14,15,16). The maximum atomic E-state index is 11.2. The average molecular weight is 261 g/mol. The van der Waals surface area contributed by atoms with Crippen molar-refractivity contribution in [1.82, 2.24) is 10.2 Å². The quantitative estimate of drug-likeness (QED) is 0.784. The molecule has 19 heavy (non-hydrogen) atoms. The Hall–Kier alpha value is -2.50. The number of nitrogens with two attached hydrogens (primary N) is 1. The number of hydrogen-bond acceptors (Lipinski definition) is 4. The summed E-state index contributed by atoms with van der Waals surface area (Å²) in [5.41, 5.74) is 8.61. The molecule has 1 aromatic carbocycles. The lowest BCUT2D eigenvalue weighted by molar-refractivity contribution is 0.0699. The van der Waals surface area contributed by atoms with Gasteiger partial charge >= 0.3 is 5.97 Å². The molecule has 0 atom stereocenters. The Morgan fingerprint density at radius 1 is 1.37 bits per heavy atom. The lowest BCUT2D eigenvalue weighted by atomic mass is 10.0. The van der Waals surface area contributed by atoms with Crippen LogP contribution in [0.5, 0.6) is 5.75 Å². The number of nitrogens with one attached hydrogen (secondary N) is 1. The second kappa shape index (κ2) is 4.64. The predicted molar refractivity (Wildman–Crippen MR) is 71.4 cm³/mol. The number of carboxylic acids is 1. The third-order valence-corrected chi connectivity index (χ3v) is 3.09. The highest BCUT2D eigenvalue weighted by Crippen LogP contribution is 2.34. The number of aromatic carboxylic acids is 1. The number of carboxylic acid groups (broad SMARTS) is 1. The monoisotopic (exact) mass is 261 g/mol. The van der Waals surface area contributed by atoms with Crippen molar-refractivity contribution < 1.29 is 14.6 Å². The molecular formula is C13H15N3O3. The molecule has 2 aromatic rings. The molecule has 2 rings (SSSR count). The van der Waals surface area contributed by atoms with Gasteiger partial charge in [-0.15, -0.1) is 0 Å². The molecule has 0 unspecified atom stereocenters. The van der Waals surface area contributed by atoms with E-state index >= 15 is 0 Å². The Balaban J connectivity index is 2.72. The lowest BCUT2D eigenvalue weighted by Crippen LogP contribution is -2.02. The van der Waals surface area contributed by atoms with Gasteiger partial charge in [-0.3, -0.25) is 5.10 Å². The number of aromatic amines is 1. The Morgan fingerprint density at radius 2 is 2.00 bits per heavy atom. The molecule has 0 aliphatic heterocycles. The van der Waals surface area contributed by atoms with Crippen molar-refractivity contribution in [1.29, 1.82) is 0 Å². The smallest absolute Gasteiger partial charge is 0.341 e. The van der Waals surface area contributed by atoms with E-state index in [-0.39, 0.29) is 11.4 Å². The van der Waals surface area contributed by atoms with Crippen molar-refractivity contribution in [2.75, 3.05) is 12.8 Å². The molecule has 6 heteroatoms. The van der Waals surface area contributed by atoms with Crippen LogP contribution >= 0.6 is 0 Å². The first-order chi connectivity index (χ1) is 8.95. The molecule has 1 aromatic heterocycles. The highest BCUT2D eigenvalue weighted by molar-refractivity contribution is 6.00. The van der Waals surface area contributed by atoms with Gasteiger partial charge in [0.25, 0.3) is 0 Å². The zero-order valence-corrected chi connectivity index (χ0v) is 10.9. The Kier molecular flexibility index (Phi) is 3.16. The summed E-state index contributed by atoms with van der Waals surface area (Å²) >= 11 is 0. The van der Waals surface area contributed by atoms with Gasteiger partial charge in [0.15, 0.2) is 5.82 Å². The largest absolute Gasteiger partial charge is 0.496 e. The fourth-order valence-corrected chi connectivity index (χ4v) is 1.92. The van der Waals surface area contributed by atoms with Gasteiger partial charge in [0.05, 0.1) is 12.8 Å². The van der Waals surface area contributed by atoms with Gasteiger partial charge < -0.3 is 15.6 Å². The Morgan fingerprint density at radius 3 is 2.58 bits per heavy atom. The SMILES string of the molecule is COc1cc(C)c(C)cc1-c1[nH]nc(N)c1C(=O)O. The Labute approximate surface area is 110 Å². The van der Waals surface area contributed by atoms with E-state index in [0.717, 1.165) is 11.1 Å². The second-order valence-electron chi connectivity index (χ2n) is 4.30. The van der Waals surface area contributed by atoms with Gasteiger partial charge in [-0.1, -0.05) is 0 Å². The van der Waals surface area contributed by atoms with E-state index in [9.17, 15) is 9.90 Å². The normalized spacial score (nSPS) is 10.5. The number of benzene rings is 1. The minimum Gasteiger partial charge on any atom is -0.496 e. The van der Waals surface area contributed by atoms with Gasteiger partial charge in [-0.2, -0.15) is 5.10 Å². The van der Waals surface area contributed by atoms with Gasteiger partial charge in [-0.25, -0.2) is 4.79 Å². The van der Waals surface area contributed by atoms with E-state index in [2.05, 4.69) is 10.2 Å². The lowest BCUT2D eigenvalue weighted by Gasteiger charge is -2.11. The molecule has 0 saturated heterocycles. The zero-order valence-electron chi connectivity index (χ0n) is 10.9. The van der Waals surface area contributed by atoms with Crippen LogP contribution in [0.3, 0.4) is 0 Å². The average Bonchev–Trinajstić information content (AvgIpc) is 2.74. The molecule has 0 spiro atoms. The number of nitrogen functional groups attached to an aromatic ring is 1. The number of carbonyl (C=O) groups is 1. The number of rotatable bonds is 3. The summed E-state index contributed by atoms with van der Waals surface area (Å²) in [6.07, 6.45) is 0. The van der Waals surface area contributed by atoms with E-state index in [4.69, 9.17) is 10.5 Å². The molecule has 0 radical (unpaired) electrons. The predicted octanol–water partition coefficient (Wildman–Crippen LogP) is 1.98. The van der Waals surface area contributed by atoms with E-state index < -0.39 is 5.97 Å². The topological polar surface area (TPSA) is 101 Å². The number of ether oxygens (including phenoxy) is 1. The second-order valence-corrected chi connectivity index (χ2v) is 4.30. The first kappa shape index (κ1) is 12.9. The summed E-state index contributed by atoms with van der Waals surface area (Å²) in [6, 6.07) is 3.71. The van der Waals surface area contributed by atoms with Crippen LogP contribution in [0.2, 0.25) is 0 Å². The molecule has 6 nitrogen and oxygen atoms in total. The molecule has 100 valence electrons. The van der Waals surface area contributed by atoms with E-state index in [1.807, 2.05) is 26.0 Å². The van der Waals surface area contributed by atoms with Crippen molar-refractivity contribution in [3.8, 4) is 17.0 Å². The van der Waals surface area contributed by atoms with Crippen molar-refractivity contribution in [2.24, 2.45) is 0 Å². The zero-order chi connectivity index (χ0) is 14.2. The number of aromatic nitrogens is 2. The first-order valence-electron chi connectivity index (χ1n) is 5.68. The highest BCUT2D eigenvalue weighted by atomic mass is 16.5. The molecule has 0 bridgehead atoms. The maximum absolute atomic E-state index is 11.2. The number of H-pyrrole nitrogens is 1. The van der Waals surface area contributed by atoms with Crippen molar-refractivity contribution in [3.63, 3.8) is 0 Å². The fraction of sp³-hybridized carbons (Fsp3) is 0.231. The number of hydrogen-bond donors (Lipinski definition) is 3. The molecule has 0 amide bonds. The summed E-state index contributed by atoms with van der Waals surface area (Å²) in [6.45, 7) is 3.90. The summed E-state index contributed by atoms with van der Waals surface area (Å²) in [5, 5.41) is 15.6. The van der Waals surface area contributed by atoms with Crippen LogP contribution < -0.4 is 10.5 Å². The fourth-order valence-electron chi connectivity index (χ4n) is 1.92. The number of anilines is 1. The van der Waals surface area contributed by atoms with E-state index in [1.54, 1.807) is 0 Å². The van der Waals surface area contributed by atoms with Gasteiger partial charge in [0, 0.05) is 5.56 Å². The molecule has 0 aliphatic carbocycles. The minimum atomic E-state index is -1.12. The van der Waals surface area contributed by atoms with Crippen LogP contribution in [0.25, 0.3) is 11.3 Å². The van der Waals surface area contributed by atoms with E-state index in [0.29, 0.717) is 17.0 Å². The minimum absolute atomic E-state index is 0.0391. The van der Waals surface area contributed by atoms with Crippen LogP contribution in [0.1, 0.15) is 21.5 Å². The summed E-state index contributed by atoms with van der Waals surface area (Å²) < 4.78 is 5.30. The number of methoxy groups -OCH3 is 1. The third kappa shape index (κ3) is 2.12. The molecule has 4 N–H and O–H groups in total. The highest BCUT2D eigenvalue weighted by Gasteiger charge is 2.22. The van der Waals surface area contributed by atoms with Gasteiger partial charge in [0.1, 0.15) is 11.3 Å². The van der Waals surface area contributed by atoms with Gasteiger partial charge in [-0.05, 0) is 37.1 Å². The van der Waals surface area contributed by atoms with Crippen LogP contribution in [-0.2, 0) is 0 Å². The summed E-state index contributed by atoms with van der Waals surface area (Å²) in [5.74, 6) is -0.585. The maximum Gasteiger partial charge on any atom is 0.341 e. The molecule has 0 saturated carbocycles. The summed E-state index contributed by atoms with van der Waals surface area (Å²) in [4.78, 5) is 11.2. The molecule has 0 aliphatic rings.